The molecule has 2 heterocycles. The lowest BCUT2D eigenvalue weighted by atomic mass is 9.98. The topological polar surface area (TPSA) is 41.6 Å². The van der Waals surface area contributed by atoms with Crippen molar-refractivity contribution in [2.75, 3.05) is 13.7 Å². The molecular weight excluding hydrogens is 216 g/mol. The third kappa shape index (κ3) is 3.19. The first-order valence-corrected chi connectivity index (χ1v) is 6.69. The molecule has 2 atom stereocenters. The lowest BCUT2D eigenvalue weighted by molar-refractivity contribution is -0.139. The highest BCUT2D eigenvalue weighted by molar-refractivity contribution is 5.77. The number of fused-ring (bicyclic) bond motifs is 2. The first-order valence-electron chi connectivity index (χ1n) is 6.69. The van der Waals surface area contributed by atoms with E-state index in [0.29, 0.717) is 18.1 Å². The van der Waals surface area contributed by atoms with Crippen LogP contribution in [0.25, 0.3) is 0 Å². The Kier molecular flexibility index (Phi) is 4.05. The zero-order valence-corrected chi connectivity index (χ0v) is 11.1. The summed E-state index contributed by atoms with van der Waals surface area (Å²) < 4.78 is 5.38. The summed E-state index contributed by atoms with van der Waals surface area (Å²) in [6, 6.07) is 1.65. The van der Waals surface area contributed by atoms with E-state index in [9.17, 15) is 4.79 Å². The lowest BCUT2D eigenvalue weighted by Gasteiger charge is -2.35. The van der Waals surface area contributed by atoms with E-state index in [1.54, 1.807) is 0 Å². The van der Waals surface area contributed by atoms with Crippen LogP contribution in [-0.4, -0.2) is 48.7 Å². The number of piperidine rings is 1. The summed E-state index contributed by atoms with van der Waals surface area (Å²) in [7, 11) is 1.92. The van der Waals surface area contributed by atoms with E-state index in [1.165, 1.54) is 12.8 Å². The molecule has 2 bridgehead atoms. The molecule has 4 nitrogen and oxygen atoms in total. The lowest BCUT2D eigenvalue weighted by Crippen LogP contribution is -2.49. The Balaban J connectivity index is 1.82. The van der Waals surface area contributed by atoms with Crippen molar-refractivity contribution in [2.45, 2.75) is 63.8 Å². The van der Waals surface area contributed by atoms with E-state index in [2.05, 4.69) is 5.32 Å². The molecule has 98 valence electrons. The van der Waals surface area contributed by atoms with Crippen LogP contribution in [0.1, 0.15) is 39.5 Å². The average Bonchev–Trinajstić information content (AvgIpc) is 2.64. The molecule has 2 aliphatic heterocycles. The highest BCUT2D eigenvalue weighted by Crippen LogP contribution is 2.29. The van der Waals surface area contributed by atoms with Gasteiger partial charge < -0.3 is 15.0 Å². The fourth-order valence-electron chi connectivity index (χ4n) is 2.89. The van der Waals surface area contributed by atoms with Gasteiger partial charge in [-0.15, -0.1) is 0 Å². The van der Waals surface area contributed by atoms with Crippen molar-refractivity contribution < 1.29 is 9.53 Å². The Bertz CT molecular complexity index is 269. The summed E-state index contributed by atoms with van der Waals surface area (Å²) in [5, 5.41) is 3.60. The Morgan fingerprint density at radius 2 is 1.94 bits per heavy atom. The van der Waals surface area contributed by atoms with Gasteiger partial charge in [0.05, 0.1) is 6.10 Å². The first kappa shape index (κ1) is 12.8. The number of amides is 1. The van der Waals surface area contributed by atoms with E-state index in [4.69, 9.17) is 4.74 Å². The van der Waals surface area contributed by atoms with Crippen LogP contribution < -0.4 is 5.32 Å². The summed E-state index contributed by atoms with van der Waals surface area (Å²) >= 11 is 0. The van der Waals surface area contributed by atoms with Gasteiger partial charge in [-0.1, -0.05) is 0 Å². The standard InChI is InChI=1S/C13H24N2O2/c1-9(2)17-8-13(16)15(3)12-6-10-4-5-11(7-12)14-10/h9-12,14H,4-8H2,1-3H3. The van der Waals surface area contributed by atoms with Crippen LogP contribution >= 0.6 is 0 Å². The van der Waals surface area contributed by atoms with E-state index in [1.807, 2.05) is 25.8 Å². The maximum atomic E-state index is 12.0. The molecule has 0 aromatic carbocycles. The molecule has 1 N–H and O–H groups in total. The fourth-order valence-corrected chi connectivity index (χ4v) is 2.89. The second-order valence-electron chi connectivity index (χ2n) is 5.63. The van der Waals surface area contributed by atoms with Gasteiger partial charge >= 0.3 is 0 Å². The molecule has 0 saturated carbocycles. The Morgan fingerprint density at radius 3 is 2.47 bits per heavy atom. The van der Waals surface area contributed by atoms with Gasteiger partial charge in [-0.3, -0.25) is 4.79 Å². The number of hydrogen-bond acceptors (Lipinski definition) is 3. The van der Waals surface area contributed by atoms with Crippen LogP contribution in [0, 0.1) is 0 Å². The van der Waals surface area contributed by atoms with Gasteiger partial charge in [0.15, 0.2) is 0 Å². The number of nitrogens with one attached hydrogen (secondary N) is 1. The fraction of sp³-hybridized carbons (Fsp3) is 0.923. The monoisotopic (exact) mass is 240 g/mol. The van der Waals surface area contributed by atoms with Crippen LogP contribution in [0.2, 0.25) is 0 Å². The van der Waals surface area contributed by atoms with E-state index in [-0.39, 0.29) is 18.6 Å². The number of rotatable bonds is 4. The SMILES string of the molecule is CC(C)OCC(=O)N(C)C1CC2CCC(C1)N2. The van der Waals surface area contributed by atoms with Gasteiger partial charge in [0.1, 0.15) is 6.61 Å². The maximum Gasteiger partial charge on any atom is 0.248 e. The maximum absolute atomic E-state index is 12.0. The third-order valence-corrected chi connectivity index (χ3v) is 3.93. The van der Waals surface area contributed by atoms with Crippen molar-refractivity contribution in [3.8, 4) is 0 Å². The minimum Gasteiger partial charge on any atom is -0.369 e. The molecule has 17 heavy (non-hydrogen) atoms. The number of likely N-dealkylation sites (N-methyl/N-ethyl adjacent to an activating group) is 1. The van der Waals surface area contributed by atoms with Crippen LogP contribution in [0.4, 0.5) is 0 Å². The zero-order valence-electron chi connectivity index (χ0n) is 11.1. The molecule has 0 aromatic rings. The van der Waals surface area contributed by atoms with Gasteiger partial charge in [-0.2, -0.15) is 0 Å². The zero-order chi connectivity index (χ0) is 12.4. The number of ether oxygens (including phenoxy) is 1. The van der Waals surface area contributed by atoms with Gasteiger partial charge in [0.25, 0.3) is 0 Å². The number of nitrogens with zero attached hydrogens (tertiary/aromatic N) is 1. The van der Waals surface area contributed by atoms with Gasteiger partial charge in [-0.25, -0.2) is 0 Å². The predicted molar refractivity (Wildman–Crippen MR) is 66.8 cm³/mol. The van der Waals surface area contributed by atoms with E-state index >= 15 is 0 Å². The third-order valence-electron chi connectivity index (χ3n) is 3.93. The molecule has 0 aromatic heterocycles. The molecule has 2 saturated heterocycles. The Morgan fingerprint density at radius 1 is 1.35 bits per heavy atom. The van der Waals surface area contributed by atoms with Gasteiger partial charge in [0, 0.05) is 25.2 Å². The summed E-state index contributed by atoms with van der Waals surface area (Å²) in [5.74, 6) is 0.116. The smallest absolute Gasteiger partial charge is 0.248 e. The van der Waals surface area contributed by atoms with Crippen molar-refractivity contribution in [1.82, 2.24) is 10.2 Å². The molecule has 2 rings (SSSR count). The second-order valence-corrected chi connectivity index (χ2v) is 5.63. The molecule has 1 amide bonds. The van der Waals surface area contributed by atoms with Crippen LogP contribution in [-0.2, 0) is 9.53 Å². The summed E-state index contributed by atoms with van der Waals surface area (Å²) in [6.45, 7) is 4.13. The van der Waals surface area contributed by atoms with E-state index < -0.39 is 0 Å². The molecule has 2 fully saturated rings. The van der Waals surface area contributed by atoms with Crippen molar-refractivity contribution in [1.29, 1.82) is 0 Å². The largest absolute Gasteiger partial charge is 0.369 e. The van der Waals surface area contributed by atoms with Crippen LogP contribution in [0.15, 0.2) is 0 Å². The molecule has 4 heteroatoms. The minimum absolute atomic E-state index is 0.116. The predicted octanol–water partition coefficient (Wildman–Crippen LogP) is 1.15. The van der Waals surface area contributed by atoms with Crippen molar-refractivity contribution in [3.05, 3.63) is 0 Å². The molecule has 0 radical (unpaired) electrons. The number of carbonyl (C=O) groups excluding carboxylic acids is 1. The molecule has 0 spiro atoms. The van der Waals surface area contributed by atoms with Gasteiger partial charge in [-0.05, 0) is 39.5 Å². The second kappa shape index (κ2) is 5.36. The minimum atomic E-state index is 0.116. The van der Waals surface area contributed by atoms with Gasteiger partial charge in [0.2, 0.25) is 5.91 Å². The normalized spacial score (nSPS) is 31.9. The summed E-state index contributed by atoms with van der Waals surface area (Å²) in [4.78, 5) is 13.9. The van der Waals surface area contributed by atoms with E-state index in [0.717, 1.165) is 12.8 Å². The summed E-state index contributed by atoms with van der Waals surface area (Å²) in [6.07, 6.45) is 4.86. The summed E-state index contributed by atoms with van der Waals surface area (Å²) in [5.41, 5.74) is 0. The number of hydrogen-bond donors (Lipinski definition) is 1. The molecule has 2 aliphatic rings. The molecular formula is C13H24N2O2. The molecule has 0 aliphatic carbocycles. The Hall–Kier alpha value is -0.610. The first-order chi connectivity index (χ1) is 8.06. The van der Waals surface area contributed by atoms with Crippen molar-refractivity contribution in [2.24, 2.45) is 0 Å². The number of carbonyl (C=O) groups is 1. The van der Waals surface area contributed by atoms with Crippen LogP contribution in [0.5, 0.6) is 0 Å². The highest BCUT2D eigenvalue weighted by atomic mass is 16.5. The van der Waals surface area contributed by atoms with Crippen LogP contribution in [0.3, 0.4) is 0 Å². The Labute approximate surface area is 104 Å². The van der Waals surface area contributed by atoms with Crippen molar-refractivity contribution >= 4 is 5.91 Å². The average molecular weight is 240 g/mol. The van der Waals surface area contributed by atoms with Crippen molar-refractivity contribution in [3.63, 3.8) is 0 Å². The quantitative estimate of drug-likeness (QED) is 0.801. The molecule has 2 unspecified atom stereocenters. The highest BCUT2D eigenvalue weighted by Gasteiger charge is 2.36.